The van der Waals surface area contributed by atoms with Crippen molar-refractivity contribution >= 4 is 23.6 Å². The molecule has 0 saturated heterocycles. The number of non-ortho nitro benzene ring substituents is 1. The van der Waals surface area contributed by atoms with Crippen LogP contribution in [0.25, 0.3) is 12.2 Å². The first kappa shape index (κ1) is 17.1. The quantitative estimate of drug-likeness (QED) is 0.452. The average Bonchev–Trinajstić information content (AvgIpc) is 2.60. The van der Waals surface area contributed by atoms with Gasteiger partial charge in [0.15, 0.2) is 5.78 Å². The summed E-state index contributed by atoms with van der Waals surface area (Å²) in [5.41, 5.74) is 2.25. The molecule has 2 aromatic carbocycles. The fourth-order valence-electron chi connectivity index (χ4n) is 2.03. The Balaban J connectivity index is 2.06. The predicted molar refractivity (Wildman–Crippen MR) is 93.8 cm³/mol. The Kier molecular flexibility index (Phi) is 5.63. The van der Waals surface area contributed by atoms with Crippen LogP contribution in [-0.4, -0.2) is 17.8 Å². The van der Waals surface area contributed by atoms with Gasteiger partial charge >= 0.3 is 0 Å². The molecule has 0 spiro atoms. The summed E-state index contributed by atoms with van der Waals surface area (Å²) in [6, 6.07) is 13.4. The van der Waals surface area contributed by atoms with Crippen molar-refractivity contribution in [3.05, 3.63) is 81.4 Å². The minimum Gasteiger partial charge on any atom is -0.497 e. The molecule has 5 nitrogen and oxygen atoms in total. The highest BCUT2D eigenvalue weighted by Crippen LogP contribution is 2.15. The SMILES string of the molecule is COc1ccc(/C=C(\C)C(=O)/C=C/c2ccc([N+](=O)[O-])cc2)cc1. The standard InChI is InChI=1S/C19H17NO4/c1-14(13-16-5-10-18(24-2)11-6-16)19(21)12-7-15-3-8-17(9-4-15)20(22)23/h3-13H,1-2H3/b12-7+,14-13+. The number of carbonyl (C=O) groups is 1. The Morgan fingerprint density at radius 3 is 2.17 bits per heavy atom. The van der Waals surface area contributed by atoms with Gasteiger partial charge < -0.3 is 4.74 Å². The molecule has 2 aromatic rings. The average molecular weight is 323 g/mol. The molecular weight excluding hydrogens is 306 g/mol. The molecule has 0 heterocycles. The maximum Gasteiger partial charge on any atom is 0.269 e. The van der Waals surface area contributed by atoms with E-state index in [4.69, 9.17) is 4.74 Å². The van der Waals surface area contributed by atoms with E-state index in [2.05, 4.69) is 0 Å². The molecule has 0 saturated carbocycles. The number of methoxy groups -OCH3 is 1. The lowest BCUT2D eigenvalue weighted by molar-refractivity contribution is -0.384. The van der Waals surface area contributed by atoms with E-state index in [1.807, 2.05) is 24.3 Å². The van der Waals surface area contributed by atoms with Gasteiger partial charge in [-0.05, 0) is 60.0 Å². The normalized spacial score (nSPS) is 11.5. The van der Waals surface area contributed by atoms with E-state index in [0.29, 0.717) is 5.57 Å². The minimum absolute atomic E-state index is 0.0223. The molecule has 0 fully saturated rings. The van der Waals surface area contributed by atoms with E-state index < -0.39 is 4.92 Å². The van der Waals surface area contributed by atoms with E-state index in [1.54, 1.807) is 38.3 Å². The highest BCUT2D eigenvalue weighted by Gasteiger charge is 2.04. The fraction of sp³-hybridized carbons (Fsp3) is 0.105. The fourth-order valence-corrected chi connectivity index (χ4v) is 2.03. The van der Waals surface area contributed by atoms with E-state index in [-0.39, 0.29) is 11.5 Å². The van der Waals surface area contributed by atoms with Crippen LogP contribution in [0.1, 0.15) is 18.1 Å². The number of carbonyl (C=O) groups excluding carboxylic acids is 1. The summed E-state index contributed by atoms with van der Waals surface area (Å²) in [5, 5.41) is 10.6. The van der Waals surface area contributed by atoms with E-state index in [9.17, 15) is 14.9 Å². The van der Waals surface area contributed by atoms with Crippen LogP contribution >= 0.6 is 0 Å². The van der Waals surface area contributed by atoms with Crippen molar-refractivity contribution in [1.29, 1.82) is 0 Å². The molecular formula is C19H17NO4. The van der Waals surface area contributed by atoms with Gasteiger partial charge in [-0.1, -0.05) is 18.2 Å². The smallest absolute Gasteiger partial charge is 0.269 e. The number of nitro benzene ring substituents is 1. The number of hydrogen-bond donors (Lipinski definition) is 0. The molecule has 0 amide bonds. The first-order valence-corrected chi connectivity index (χ1v) is 7.29. The third-order valence-electron chi connectivity index (χ3n) is 3.42. The van der Waals surface area contributed by atoms with Crippen molar-refractivity contribution in [2.45, 2.75) is 6.92 Å². The molecule has 0 atom stereocenters. The van der Waals surface area contributed by atoms with Crippen LogP contribution in [0.15, 0.2) is 60.2 Å². The van der Waals surface area contributed by atoms with Gasteiger partial charge in [-0.2, -0.15) is 0 Å². The third kappa shape index (κ3) is 4.64. The number of nitrogens with zero attached hydrogens (tertiary/aromatic N) is 1. The van der Waals surface area contributed by atoms with Crippen molar-refractivity contribution in [3.8, 4) is 5.75 Å². The Bertz CT molecular complexity index is 787. The van der Waals surface area contributed by atoms with Gasteiger partial charge in [-0.3, -0.25) is 14.9 Å². The molecule has 0 unspecified atom stereocenters. The minimum atomic E-state index is -0.458. The van der Waals surface area contributed by atoms with Crippen LogP contribution in [0.4, 0.5) is 5.69 Å². The van der Waals surface area contributed by atoms with Gasteiger partial charge in [0.1, 0.15) is 5.75 Å². The topological polar surface area (TPSA) is 69.4 Å². The Hall–Kier alpha value is -3.21. The highest BCUT2D eigenvalue weighted by molar-refractivity contribution is 6.08. The molecule has 0 bridgehead atoms. The van der Waals surface area contributed by atoms with Gasteiger partial charge in [0.05, 0.1) is 12.0 Å². The van der Waals surface area contributed by atoms with Crippen molar-refractivity contribution in [3.63, 3.8) is 0 Å². The van der Waals surface area contributed by atoms with Gasteiger partial charge in [0.2, 0.25) is 0 Å². The van der Waals surface area contributed by atoms with Crippen molar-refractivity contribution in [2.75, 3.05) is 7.11 Å². The Morgan fingerprint density at radius 2 is 1.62 bits per heavy atom. The largest absolute Gasteiger partial charge is 0.497 e. The third-order valence-corrected chi connectivity index (χ3v) is 3.42. The lowest BCUT2D eigenvalue weighted by Crippen LogP contribution is -1.94. The summed E-state index contributed by atoms with van der Waals surface area (Å²) >= 11 is 0. The van der Waals surface area contributed by atoms with Crippen molar-refractivity contribution < 1.29 is 14.5 Å². The van der Waals surface area contributed by atoms with E-state index in [1.165, 1.54) is 18.2 Å². The van der Waals surface area contributed by atoms with Crippen molar-refractivity contribution in [2.24, 2.45) is 0 Å². The molecule has 24 heavy (non-hydrogen) atoms. The zero-order valence-corrected chi connectivity index (χ0v) is 13.4. The molecule has 0 N–H and O–H groups in total. The second kappa shape index (κ2) is 7.87. The first-order chi connectivity index (χ1) is 11.5. The zero-order chi connectivity index (χ0) is 17.5. The number of ketones is 1. The Morgan fingerprint density at radius 1 is 1.04 bits per heavy atom. The van der Waals surface area contributed by atoms with Gasteiger partial charge in [0, 0.05) is 12.1 Å². The lowest BCUT2D eigenvalue weighted by atomic mass is 10.1. The number of allylic oxidation sites excluding steroid dienone is 2. The van der Waals surface area contributed by atoms with Crippen LogP contribution in [0.3, 0.4) is 0 Å². The van der Waals surface area contributed by atoms with Crippen LogP contribution in [-0.2, 0) is 4.79 Å². The maximum atomic E-state index is 12.1. The number of rotatable bonds is 6. The molecule has 0 radical (unpaired) electrons. The second-order valence-electron chi connectivity index (χ2n) is 5.15. The monoisotopic (exact) mass is 323 g/mol. The number of ether oxygens (including phenoxy) is 1. The van der Waals surface area contributed by atoms with Crippen LogP contribution in [0.2, 0.25) is 0 Å². The highest BCUT2D eigenvalue weighted by atomic mass is 16.6. The second-order valence-corrected chi connectivity index (χ2v) is 5.15. The summed E-state index contributed by atoms with van der Waals surface area (Å²) in [6.07, 6.45) is 4.88. The van der Waals surface area contributed by atoms with Crippen LogP contribution < -0.4 is 4.74 Å². The number of hydrogen-bond acceptors (Lipinski definition) is 4. The van der Waals surface area contributed by atoms with E-state index in [0.717, 1.165) is 16.9 Å². The summed E-state index contributed by atoms with van der Waals surface area (Å²) in [6.45, 7) is 1.74. The van der Waals surface area contributed by atoms with Crippen molar-refractivity contribution in [1.82, 2.24) is 0 Å². The Labute approximate surface area is 140 Å². The summed E-state index contributed by atoms with van der Waals surface area (Å²) < 4.78 is 5.09. The maximum absolute atomic E-state index is 12.1. The summed E-state index contributed by atoms with van der Waals surface area (Å²) in [4.78, 5) is 22.3. The molecule has 122 valence electrons. The van der Waals surface area contributed by atoms with Crippen LogP contribution in [0, 0.1) is 10.1 Å². The number of benzene rings is 2. The summed E-state index contributed by atoms with van der Waals surface area (Å²) in [5.74, 6) is 0.637. The van der Waals surface area contributed by atoms with E-state index >= 15 is 0 Å². The van der Waals surface area contributed by atoms with Gasteiger partial charge in [-0.25, -0.2) is 0 Å². The van der Waals surface area contributed by atoms with Crippen LogP contribution in [0.5, 0.6) is 5.75 Å². The number of nitro groups is 1. The molecule has 0 aliphatic carbocycles. The zero-order valence-electron chi connectivity index (χ0n) is 13.4. The lowest BCUT2D eigenvalue weighted by Gasteiger charge is -2.00. The molecule has 0 aliphatic rings. The molecule has 0 aromatic heterocycles. The van der Waals surface area contributed by atoms with Gasteiger partial charge in [0.25, 0.3) is 5.69 Å². The molecule has 5 heteroatoms. The molecule has 0 aliphatic heterocycles. The summed E-state index contributed by atoms with van der Waals surface area (Å²) in [7, 11) is 1.60. The van der Waals surface area contributed by atoms with Gasteiger partial charge in [-0.15, -0.1) is 0 Å². The molecule has 2 rings (SSSR count). The first-order valence-electron chi connectivity index (χ1n) is 7.29. The predicted octanol–water partition coefficient (Wildman–Crippen LogP) is 4.29.